The van der Waals surface area contributed by atoms with Crippen molar-refractivity contribution in [3.63, 3.8) is 0 Å². The molecule has 0 atom stereocenters. The third-order valence-corrected chi connectivity index (χ3v) is 4.76. The molecule has 0 aliphatic carbocycles. The van der Waals surface area contributed by atoms with Gasteiger partial charge in [0.05, 0.1) is 12.8 Å². The maximum atomic E-state index is 12.4. The second-order valence-electron chi connectivity index (χ2n) is 6.38. The van der Waals surface area contributed by atoms with Crippen LogP contribution in [-0.2, 0) is 11.2 Å². The summed E-state index contributed by atoms with van der Waals surface area (Å²) in [7, 11) is 1.70. The molecule has 4 heteroatoms. The van der Waals surface area contributed by atoms with E-state index in [1.54, 1.807) is 7.11 Å². The van der Waals surface area contributed by atoms with Gasteiger partial charge in [0.1, 0.15) is 5.75 Å². The fourth-order valence-electron chi connectivity index (χ4n) is 3.33. The van der Waals surface area contributed by atoms with Crippen molar-refractivity contribution in [2.45, 2.75) is 19.3 Å². The molecule has 0 N–H and O–H groups in total. The van der Waals surface area contributed by atoms with Crippen LogP contribution in [0.15, 0.2) is 54.6 Å². The largest absolute Gasteiger partial charge is 0.495 e. The highest BCUT2D eigenvalue weighted by Crippen LogP contribution is 2.28. The standard InChI is InChI=1S/C21H26N2O2/c1-25-20-12-6-5-11-19(20)22-14-16-23(17-15-22)21(24)13-7-10-18-8-3-2-4-9-18/h2-6,8-9,11-12H,7,10,13-17H2,1H3. The Balaban J connectivity index is 1.46. The van der Waals surface area contributed by atoms with Crippen LogP contribution in [0.5, 0.6) is 5.75 Å². The van der Waals surface area contributed by atoms with E-state index in [4.69, 9.17) is 4.74 Å². The van der Waals surface area contributed by atoms with Crippen molar-refractivity contribution in [2.24, 2.45) is 0 Å². The maximum Gasteiger partial charge on any atom is 0.222 e. The molecule has 0 saturated carbocycles. The Bertz CT molecular complexity index is 679. The predicted molar refractivity (Wildman–Crippen MR) is 101 cm³/mol. The van der Waals surface area contributed by atoms with Crippen molar-refractivity contribution in [1.82, 2.24) is 4.90 Å². The quantitative estimate of drug-likeness (QED) is 0.810. The highest BCUT2D eigenvalue weighted by atomic mass is 16.5. The molecule has 132 valence electrons. The Labute approximate surface area is 150 Å². The number of anilines is 1. The molecular formula is C21H26N2O2. The summed E-state index contributed by atoms with van der Waals surface area (Å²) in [6.45, 7) is 3.26. The summed E-state index contributed by atoms with van der Waals surface area (Å²) in [5.74, 6) is 1.17. The number of benzene rings is 2. The molecule has 0 aromatic heterocycles. The van der Waals surface area contributed by atoms with Gasteiger partial charge in [-0.25, -0.2) is 0 Å². The zero-order valence-corrected chi connectivity index (χ0v) is 14.9. The van der Waals surface area contributed by atoms with Crippen LogP contribution >= 0.6 is 0 Å². The third-order valence-electron chi connectivity index (χ3n) is 4.76. The van der Waals surface area contributed by atoms with Crippen LogP contribution in [0.4, 0.5) is 5.69 Å². The zero-order valence-electron chi connectivity index (χ0n) is 14.9. The number of carbonyl (C=O) groups excluding carboxylic acids is 1. The number of carbonyl (C=O) groups is 1. The summed E-state index contributed by atoms with van der Waals surface area (Å²) >= 11 is 0. The fourth-order valence-corrected chi connectivity index (χ4v) is 3.33. The number of para-hydroxylation sites is 2. The lowest BCUT2D eigenvalue weighted by atomic mass is 10.1. The van der Waals surface area contributed by atoms with Crippen LogP contribution in [0.25, 0.3) is 0 Å². The number of piperazine rings is 1. The normalized spacial score (nSPS) is 14.4. The van der Waals surface area contributed by atoms with Crippen LogP contribution in [0.2, 0.25) is 0 Å². The number of nitrogens with zero attached hydrogens (tertiary/aromatic N) is 2. The third kappa shape index (κ3) is 4.53. The predicted octanol–water partition coefficient (Wildman–Crippen LogP) is 3.37. The van der Waals surface area contributed by atoms with Gasteiger partial charge < -0.3 is 14.5 Å². The lowest BCUT2D eigenvalue weighted by Gasteiger charge is -2.36. The molecule has 25 heavy (non-hydrogen) atoms. The minimum Gasteiger partial charge on any atom is -0.495 e. The van der Waals surface area contributed by atoms with Crippen molar-refractivity contribution in [3.05, 3.63) is 60.2 Å². The number of rotatable bonds is 6. The molecule has 2 aromatic rings. The van der Waals surface area contributed by atoms with E-state index in [9.17, 15) is 4.79 Å². The van der Waals surface area contributed by atoms with Crippen molar-refractivity contribution in [2.75, 3.05) is 38.2 Å². The summed E-state index contributed by atoms with van der Waals surface area (Å²) < 4.78 is 5.45. The van der Waals surface area contributed by atoms with Gasteiger partial charge in [0, 0.05) is 32.6 Å². The smallest absolute Gasteiger partial charge is 0.222 e. The Morgan fingerprint density at radius 2 is 1.64 bits per heavy atom. The molecule has 2 aromatic carbocycles. The Kier molecular flexibility index (Phi) is 5.94. The second-order valence-corrected chi connectivity index (χ2v) is 6.38. The van der Waals surface area contributed by atoms with Crippen LogP contribution in [0.3, 0.4) is 0 Å². The molecule has 1 heterocycles. The lowest BCUT2D eigenvalue weighted by molar-refractivity contribution is -0.131. The van der Waals surface area contributed by atoms with E-state index in [1.807, 2.05) is 41.3 Å². The van der Waals surface area contributed by atoms with Crippen LogP contribution < -0.4 is 9.64 Å². The zero-order chi connectivity index (χ0) is 17.5. The maximum absolute atomic E-state index is 12.4. The number of methoxy groups -OCH3 is 1. The van der Waals surface area contributed by atoms with Crippen LogP contribution in [0, 0.1) is 0 Å². The van der Waals surface area contributed by atoms with E-state index in [2.05, 4.69) is 23.1 Å². The molecule has 1 amide bonds. The van der Waals surface area contributed by atoms with Gasteiger partial charge >= 0.3 is 0 Å². The van der Waals surface area contributed by atoms with E-state index in [0.29, 0.717) is 6.42 Å². The number of aryl methyl sites for hydroxylation is 1. The minimum atomic E-state index is 0.274. The Morgan fingerprint density at radius 1 is 0.960 bits per heavy atom. The molecule has 1 fully saturated rings. The number of hydrogen-bond donors (Lipinski definition) is 0. The molecule has 0 bridgehead atoms. The Hall–Kier alpha value is -2.49. The molecule has 1 aliphatic heterocycles. The van der Waals surface area contributed by atoms with Gasteiger partial charge in [-0.2, -0.15) is 0 Å². The van der Waals surface area contributed by atoms with Gasteiger partial charge in [-0.15, -0.1) is 0 Å². The van der Waals surface area contributed by atoms with Crippen LogP contribution in [0.1, 0.15) is 18.4 Å². The molecule has 1 saturated heterocycles. The monoisotopic (exact) mass is 338 g/mol. The Morgan fingerprint density at radius 3 is 2.36 bits per heavy atom. The van der Waals surface area contributed by atoms with Crippen LogP contribution in [-0.4, -0.2) is 44.1 Å². The molecule has 0 radical (unpaired) electrons. The van der Waals surface area contributed by atoms with Crippen molar-refractivity contribution < 1.29 is 9.53 Å². The van der Waals surface area contributed by atoms with Crippen molar-refractivity contribution in [3.8, 4) is 5.75 Å². The van der Waals surface area contributed by atoms with Gasteiger partial charge in [0.2, 0.25) is 5.91 Å². The minimum absolute atomic E-state index is 0.274. The molecule has 3 rings (SSSR count). The van der Waals surface area contributed by atoms with E-state index in [1.165, 1.54) is 5.56 Å². The molecule has 1 aliphatic rings. The number of ether oxygens (including phenoxy) is 1. The van der Waals surface area contributed by atoms with Gasteiger partial charge in [-0.3, -0.25) is 4.79 Å². The first-order valence-corrected chi connectivity index (χ1v) is 8.97. The summed E-state index contributed by atoms with van der Waals surface area (Å²) in [6.07, 6.45) is 2.51. The molecule has 0 spiro atoms. The average molecular weight is 338 g/mol. The first-order valence-electron chi connectivity index (χ1n) is 8.97. The van der Waals surface area contributed by atoms with Crippen molar-refractivity contribution >= 4 is 11.6 Å². The summed E-state index contributed by atoms with van der Waals surface area (Å²) in [5, 5.41) is 0. The second kappa shape index (κ2) is 8.56. The van der Waals surface area contributed by atoms with Gasteiger partial charge in [-0.1, -0.05) is 42.5 Å². The highest BCUT2D eigenvalue weighted by Gasteiger charge is 2.22. The van der Waals surface area contributed by atoms with Crippen molar-refractivity contribution in [1.29, 1.82) is 0 Å². The van der Waals surface area contributed by atoms with Gasteiger partial charge in [0.25, 0.3) is 0 Å². The number of hydrogen-bond acceptors (Lipinski definition) is 3. The van der Waals surface area contributed by atoms with Gasteiger partial charge in [-0.05, 0) is 30.5 Å². The summed E-state index contributed by atoms with van der Waals surface area (Å²) in [4.78, 5) is 16.7. The summed E-state index contributed by atoms with van der Waals surface area (Å²) in [5.41, 5.74) is 2.41. The van der Waals surface area contributed by atoms with E-state index in [-0.39, 0.29) is 5.91 Å². The molecular weight excluding hydrogens is 312 g/mol. The number of amides is 1. The van der Waals surface area contributed by atoms with Gasteiger partial charge in [0.15, 0.2) is 0 Å². The first kappa shape index (κ1) is 17.3. The fraction of sp³-hybridized carbons (Fsp3) is 0.381. The molecule has 0 unspecified atom stereocenters. The molecule has 4 nitrogen and oxygen atoms in total. The van der Waals surface area contributed by atoms with E-state index < -0.39 is 0 Å². The SMILES string of the molecule is COc1ccccc1N1CCN(C(=O)CCCc2ccccc2)CC1. The highest BCUT2D eigenvalue weighted by molar-refractivity contribution is 5.76. The first-order chi connectivity index (χ1) is 12.3. The average Bonchev–Trinajstić information content (AvgIpc) is 2.69. The lowest BCUT2D eigenvalue weighted by Crippen LogP contribution is -2.48. The topological polar surface area (TPSA) is 32.8 Å². The van der Waals surface area contributed by atoms with E-state index in [0.717, 1.165) is 50.5 Å². The summed E-state index contributed by atoms with van der Waals surface area (Å²) in [6, 6.07) is 18.4. The van der Waals surface area contributed by atoms with E-state index >= 15 is 0 Å².